The highest BCUT2D eigenvalue weighted by molar-refractivity contribution is 7.96. The fraction of sp³-hybridized carbons (Fsp3) is 0.650. The van der Waals surface area contributed by atoms with Gasteiger partial charge in [0.15, 0.2) is 0 Å². The lowest BCUT2D eigenvalue weighted by atomic mass is 9.88. The van der Waals surface area contributed by atoms with Crippen LogP contribution in [-0.4, -0.2) is 49.2 Å². The van der Waals surface area contributed by atoms with Gasteiger partial charge in [-0.1, -0.05) is 0 Å². The molecule has 3 atom stereocenters. The second-order valence-corrected chi connectivity index (χ2v) is 12.7. The average molecular weight is 476 g/mol. The average Bonchev–Trinajstić information content (AvgIpc) is 2.62. The van der Waals surface area contributed by atoms with Crippen molar-refractivity contribution in [3.63, 3.8) is 0 Å². The van der Waals surface area contributed by atoms with E-state index in [1.807, 2.05) is 0 Å². The Morgan fingerprint density at radius 3 is 2.50 bits per heavy atom. The number of amides is 1. The van der Waals surface area contributed by atoms with E-state index >= 15 is 0 Å². The van der Waals surface area contributed by atoms with E-state index in [0.717, 1.165) is 6.07 Å². The minimum Gasteiger partial charge on any atom is -0.444 e. The number of carbonyl (C=O) groups is 1. The van der Waals surface area contributed by atoms with Crippen LogP contribution in [0.15, 0.2) is 21.5 Å². The van der Waals surface area contributed by atoms with Crippen molar-refractivity contribution in [3.8, 4) is 0 Å². The molecule has 3 heterocycles. The zero-order chi connectivity index (χ0) is 24.3. The van der Waals surface area contributed by atoms with Crippen LogP contribution < -0.4 is 11.1 Å². The number of aliphatic imine (C=N–C) groups is 1. The number of rotatable bonds is 1. The molecule has 0 fully saturated rings. The third kappa shape index (κ3) is 4.04. The molecule has 0 spiro atoms. The standard InChI is InChI=1S/C20H28F3N5O3S/c1-17(2,3)31-16(29)27-15-18(4,5)32(30)12(9-20(22,23)10-25-32)19(6,28-15)14-11(21)7-8-13(24)26-14/h7-8,12H,9-10H2,1-6H3,(H2,24,26)(H,27,28,29)/t12-,19+,32-/m1/s1. The number of pyridine rings is 1. The van der Waals surface area contributed by atoms with Crippen LogP contribution in [0, 0.1) is 5.82 Å². The predicted octanol–water partition coefficient (Wildman–Crippen LogP) is 3.61. The van der Waals surface area contributed by atoms with E-state index in [1.54, 1.807) is 20.8 Å². The number of hydrogen-bond donors (Lipinski definition) is 2. The van der Waals surface area contributed by atoms with Crippen molar-refractivity contribution in [2.24, 2.45) is 9.36 Å². The van der Waals surface area contributed by atoms with Crippen LogP contribution in [0.5, 0.6) is 0 Å². The van der Waals surface area contributed by atoms with Crippen LogP contribution in [0.25, 0.3) is 0 Å². The van der Waals surface area contributed by atoms with Crippen molar-refractivity contribution in [1.29, 1.82) is 0 Å². The number of alkyl carbamates (subject to hydrolysis) is 1. The Hall–Kier alpha value is -2.37. The van der Waals surface area contributed by atoms with E-state index in [9.17, 15) is 22.2 Å². The van der Waals surface area contributed by atoms with Crippen LogP contribution in [-0.2, 0) is 20.0 Å². The molecule has 3 rings (SSSR count). The van der Waals surface area contributed by atoms with E-state index < -0.39 is 61.7 Å². The molecule has 3 N–H and O–H groups in total. The number of ether oxygens (including phenoxy) is 1. The second-order valence-electron chi connectivity index (χ2n) is 9.72. The summed E-state index contributed by atoms with van der Waals surface area (Å²) in [5, 5.41) is 1.10. The normalized spacial score (nSPS) is 31.0. The Labute approximate surface area is 185 Å². The number of nitrogens with two attached hydrogens (primary N) is 1. The van der Waals surface area contributed by atoms with E-state index in [-0.39, 0.29) is 17.3 Å². The van der Waals surface area contributed by atoms with E-state index in [4.69, 9.17) is 10.5 Å². The molecule has 0 saturated carbocycles. The first-order chi connectivity index (χ1) is 14.4. The number of nitrogen functional groups attached to an aromatic ring is 1. The third-order valence-corrected chi connectivity index (χ3v) is 9.16. The molecule has 0 bridgehead atoms. The number of fused-ring (bicyclic) bond motifs is 1. The number of halogens is 3. The molecular weight excluding hydrogens is 447 g/mol. The summed E-state index contributed by atoms with van der Waals surface area (Å²) >= 11 is 0. The fourth-order valence-corrected chi connectivity index (χ4v) is 7.15. The summed E-state index contributed by atoms with van der Waals surface area (Å²) in [7, 11) is -3.51. The fourth-order valence-electron chi connectivity index (χ4n) is 3.93. The van der Waals surface area contributed by atoms with Crippen molar-refractivity contribution >= 4 is 27.5 Å². The van der Waals surface area contributed by atoms with Crippen LogP contribution in [0.1, 0.15) is 53.7 Å². The SMILES string of the molecule is CC(C)(C)OC(=O)NC1=N[C@](C)(c2nc(N)ccc2F)[C@H]2CC(F)(F)CN=[S@]2(=O)C1(C)C. The lowest BCUT2D eigenvalue weighted by Crippen LogP contribution is -2.64. The molecule has 2 aliphatic heterocycles. The first-order valence-electron chi connectivity index (χ1n) is 10.0. The molecule has 0 unspecified atom stereocenters. The molecule has 0 aromatic carbocycles. The maximum absolute atomic E-state index is 14.9. The first-order valence-corrected chi connectivity index (χ1v) is 11.6. The smallest absolute Gasteiger partial charge is 0.413 e. The number of amidine groups is 1. The molecule has 1 aromatic rings. The summed E-state index contributed by atoms with van der Waals surface area (Å²) in [4.78, 5) is 21.0. The lowest BCUT2D eigenvalue weighted by Gasteiger charge is -2.49. The Morgan fingerprint density at radius 2 is 1.91 bits per heavy atom. The molecule has 32 heavy (non-hydrogen) atoms. The molecule has 178 valence electrons. The Kier molecular flexibility index (Phi) is 5.56. The minimum absolute atomic E-state index is 0.0599. The lowest BCUT2D eigenvalue weighted by molar-refractivity contribution is -0.00694. The molecule has 12 heteroatoms. The van der Waals surface area contributed by atoms with Gasteiger partial charge in [-0.2, -0.15) is 0 Å². The first kappa shape index (κ1) is 24.3. The summed E-state index contributed by atoms with van der Waals surface area (Å²) in [6, 6.07) is 2.26. The number of nitrogens with one attached hydrogen (secondary N) is 1. The molecule has 0 aliphatic carbocycles. The number of aromatic nitrogens is 1. The quantitative estimate of drug-likeness (QED) is 0.643. The van der Waals surface area contributed by atoms with Crippen molar-refractivity contribution < 1.29 is 26.9 Å². The van der Waals surface area contributed by atoms with Crippen LogP contribution >= 0.6 is 0 Å². The topological polar surface area (TPSA) is 119 Å². The van der Waals surface area contributed by atoms with Crippen molar-refractivity contribution in [2.75, 3.05) is 12.3 Å². The third-order valence-electron chi connectivity index (χ3n) is 5.60. The summed E-state index contributed by atoms with van der Waals surface area (Å²) in [5.41, 5.74) is 2.70. The summed E-state index contributed by atoms with van der Waals surface area (Å²) in [5.74, 6) is -4.29. The summed E-state index contributed by atoms with van der Waals surface area (Å²) < 4.78 is 65.7. The van der Waals surface area contributed by atoms with E-state index in [1.165, 1.54) is 26.8 Å². The van der Waals surface area contributed by atoms with Crippen LogP contribution in [0.3, 0.4) is 0 Å². The van der Waals surface area contributed by atoms with Crippen LogP contribution in [0.4, 0.5) is 23.8 Å². The van der Waals surface area contributed by atoms with Crippen molar-refractivity contribution in [3.05, 3.63) is 23.6 Å². The van der Waals surface area contributed by atoms with Gasteiger partial charge in [0.2, 0.25) is 0 Å². The Morgan fingerprint density at radius 1 is 1.28 bits per heavy atom. The van der Waals surface area contributed by atoms with E-state index in [2.05, 4.69) is 19.7 Å². The largest absolute Gasteiger partial charge is 0.444 e. The number of alkyl halides is 2. The molecule has 2 aliphatic rings. The van der Waals surface area contributed by atoms with Gasteiger partial charge in [0.1, 0.15) is 45.6 Å². The van der Waals surface area contributed by atoms with Gasteiger partial charge in [-0.25, -0.2) is 31.5 Å². The second kappa shape index (κ2) is 7.32. The van der Waals surface area contributed by atoms with Gasteiger partial charge in [0, 0.05) is 6.42 Å². The molecule has 0 saturated heterocycles. The summed E-state index contributed by atoms with van der Waals surface area (Å²) in [6.45, 7) is 8.37. The minimum atomic E-state index is -3.51. The molecule has 0 radical (unpaired) electrons. The van der Waals surface area contributed by atoms with Crippen molar-refractivity contribution in [1.82, 2.24) is 10.3 Å². The van der Waals surface area contributed by atoms with Gasteiger partial charge in [-0.15, -0.1) is 0 Å². The highest BCUT2D eigenvalue weighted by Crippen LogP contribution is 2.49. The molecular formula is C20H28F3N5O3S. The predicted molar refractivity (Wildman–Crippen MR) is 116 cm³/mol. The number of nitrogens with zero attached hydrogens (tertiary/aromatic N) is 3. The summed E-state index contributed by atoms with van der Waals surface area (Å²) in [6.07, 6.45) is -1.72. The number of hydrogen-bond acceptors (Lipinski definition) is 7. The van der Waals surface area contributed by atoms with Crippen LogP contribution in [0.2, 0.25) is 0 Å². The monoisotopic (exact) mass is 475 g/mol. The van der Waals surface area contributed by atoms with Gasteiger partial charge in [-0.3, -0.25) is 10.3 Å². The zero-order valence-electron chi connectivity index (χ0n) is 18.8. The van der Waals surface area contributed by atoms with Gasteiger partial charge in [-0.05, 0) is 53.7 Å². The highest BCUT2D eigenvalue weighted by atomic mass is 32.2. The Bertz CT molecular complexity index is 1110. The zero-order valence-corrected chi connectivity index (χ0v) is 19.6. The number of anilines is 1. The van der Waals surface area contributed by atoms with E-state index in [0.29, 0.717) is 0 Å². The van der Waals surface area contributed by atoms with Crippen molar-refractivity contribution in [2.45, 2.75) is 75.0 Å². The Balaban J connectivity index is 2.26. The maximum atomic E-state index is 14.9. The maximum Gasteiger partial charge on any atom is 0.413 e. The molecule has 8 nitrogen and oxygen atoms in total. The van der Waals surface area contributed by atoms with Gasteiger partial charge >= 0.3 is 6.09 Å². The molecule has 1 aromatic heterocycles. The van der Waals surface area contributed by atoms with Gasteiger partial charge < -0.3 is 10.5 Å². The van der Waals surface area contributed by atoms with Gasteiger partial charge in [0.25, 0.3) is 5.92 Å². The molecule has 1 amide bonds. The van der Waals surface area contributed by atoms with Gasteiger partial charge in [0.05, 0.1) is 15.0 Å². The number of carbonyl (C=O) groups excluding carboxylic acids is 1. The highest BCUT2D eigenvalue weighted by Gasteiger charge is 2.61.